The van der Waals surface area contributed by atoms with Crippen molar-refractivity contribution >= 4 is 12.6 Å². The fourth-order valence-electron chi connectivity index (χ4n) is 1.69. The molecule has 15 heavy (non-hydrogen) atoms. The first kappa shape index (κ1) is 12.6. The summed E-state index contributed by atoms with van der Waals surface area (Å²) in [5, 5.41) is 0. The van der Waals surface area contributed by atoms with Crippen LogP contribution in [0.5, 0.6) is 0 Å². The third-order valence-corrected chi connectivity index (χ3v) is 2.92. The second-order valence-corrected chi connectivity index (χ2v) is 4.33. The van der Waals surface area contributed by atoms with E-state index in [4.69, 9.17) is 4.74 Å². The lowest BCUT2D eigenvalue weighted by atomic mass is 10.0. The Kier molecular flexibility index (Phi) is 5.81. The molecule has 0 bridgehead atoms. The van der Waals surface area contributed by atoms with Crippen LogP contribution >= 0.6 is 12.6 Å². The van der Waals surface area contributed by atoms with Crippen molar-refractivity contribution in [2.24, 2.45) is 0 Å². The molecular weight excluding hydrogens is 204 g/mol. The van der Waals surface area contributed by atoms with Crippen LogP contribution in [-0.4, -0.2) is 7.11 Å². The number of rotatable bonds is 6. The topological polar surface area (TPSA) is 9.23 Å². The fourth-order valence-corrected chi connectivity index (χ4v) is 1.84. The van der Waals surface area contributed by atoms with Crippen molar-refractivity contribution in [3.63, 3.8) is 0 Å². The molecule has 1 aromatic rings. The molecular formula is C13H20OS. The quantitative estimate of drug-likeness (QED) is 0.561. The maximum atomic E-state index is 5.50. The Labute approximate surface area is 98.3 Å². The maximum absolute atomic E-state index is 5.50. The number of unbranched alkanes of at least 4 members (excludes halogenated alkanes) is 2. The molecule has 0 fully saturated rings. The summed E-state index contributed by atoms with van der Waals surface area (Å²) in [6, 6.07) is 8.24. The Morgan fingerprint density at radius 1 is 1.20 bits per heavy atom. The molecule has 0 saturated heterocycles. The molecule has 1 atom stereocenters. The zero-order valence-electron chi connectivity index (χ0n) is 9.57. The van der Waals surface area contributed by atoms with Gasteiger partial charge in [0.1, 0.15) is 0 Å². The van der Waals surface area contributed by atoms with Gasteiger partial charge in [0.2, 0.25) is 0 Å². The highest BCUT2D eigenvalue weighted by molar-refractivity contribution is 7.80. The van der Waals surface area contributed by atoms with Gasteiger partial charge < -0.3 is 4.74 Å². The van der Waals surface area contributed by atoms with E-state index in [1.807, 2.05) is 12.1 Å². The van der Waals surface area contributed by atoms with Crippen molar-refractivity contribution in [1.29, 1.82) is 0 Å². The minimum atomic E-state index is 0.241. The van der Waals surface area contributed by atoms with E-state index in [9.17, 15) is 0 Å². The molecule has 0 unspecified atom stereocenters. The third-order valence-electron chi connectivity index (χ3n) is 2.62. The molecule has 0 aliphatic heterocycles. The van der Waals surface area contributed by atoms with Crippen LogP contribution in [0, 0.1) is 0 Å². The normalized spacial score (nSPS) is 12.7. The summed E-state index contributed by atoms with van der Waals surface area (Å²) in [4.78, 5) is 1.00. The van der Waals surface area contributed by atoms with Crippen LogP contribution in [0.1, 0.15) is 44.3 Å². The van der Waals surface area contributed by atoms with Crippen LogP contribution < -0.4 is 0 Å². The van der Waals surface area contributed by atoms with Gasteiger partial charge in [0.15, 0.2) is 0 Å². The minimum absolute atomic E-state index is 0.241. The summed E-state index contributed by atoms with van der Waals surface area (Å²) in [7, 11) is 1.78. The summed E-state index contributed by atoms with van der Waals surface area (Å²) in [6.45, 7) is 2.22. The average Bonchev–Trinajstić information content (AvgIpc) is 2.26. The van der Waals surface area contributed by atoms with Crippen molar-refractivity contribution in [3.8, 4) is 0 Å². The molecule has 1 rings (SSSR count). The fraction of sp³-hybridized carbons (Fsp3) is 0.538. The summed E-state index contributed by atoms with van der Waals surface area (Å²) < 4.78 is 5.50. The van der Waals surface area contributed by atoms with E-state index in [1.54, 1.807) is 7.11 Å². The molecule has 0 spiro atoms. The van der Waals surface area contributed by atoms with Gasteiger partial charge in [0.05, 0.1) is 6.10 Å². The zero-order valence-corrected chi connectivity index (χ0v) is 10.5. The highest BCUT2D eigenvalue weighted by atomic mass is 32.1. The van der Waals surface area contributed by atoms with Gasteiger partial charge >= 0.3 is 0 Å². The Balaban J connectivity index is 2.53. The van der Waals surface area contributed by atoms with Crippen molar-refractivity contribution in [3.05, 3.63) is 29.8 Å². The van der Waals surface area contributed by atoms with E-state index in [-0.39, 0.29) is 6.10 Å². The number of ether oxygens (including phenoxy) is 1. The van der Waals surface area contributed by atoms with Gasteiger partial charge in [-0.05, 0) is 24.1 Å². The second-order valence-electron chi connectivity index (χ2n) is 3.81. The van der Waals surface area contributed by atoms with Crippen LogP contribution in [0.3, 0.4) is 0 Å². The largest absolute Gasteiger partial charge is 0.377 e. The van der Waals surface area contributed by atoms with E-state index < -0.39 is 0 Å². The molecule has 0 aromatic heterocycles. The molecule has 0 aliphatic carbocycles. The molecule has 0 saturated carbocycles. The first-order valence-electron chi connectivity index (χ1n) is 5.59. The number of benzene rings is 1. The van der Waals surface area contributed by atoms with Crippen LogP contribution in [0.15, 0.2) is 29.2 Å². The monoisotopic (exact) mass is 224 g/mol. The first-order chi connectivity index (χ1) is 7.27. The highest BCUT2D eigenvalue weighted by Gasteiger charge is 2.09. The summed E-state index contributed by atoms with van der Waals surface area (Å²) in [5.74, 6) is 0. The molecule has 0 radical (unpaired) electrons. The summed E-state index contributed by atoms with van der Waals surface area (Å²) in [5.41, 5.74) is 1.26. The standard InChI is InChI=1S/C13H20OS/c1-3-4-5-6-13(14-2)11-7-9-12(15)10-8-11/h7-10,13,15H,3-6H2,1-2H3/t13-/m1/s1. The van der Waals surface area contributed by atoms with Gasteiger partial charge in [0, 0.05) is 12.0 Å². The third kappa shape index (κ3) is 4.27. The lowest BCUT2D eigenvalue weighted by Crippen LogP contribution is -2.01. The van der Waals surface area contributed by atoms with Gasteiger partial charge in [-0.15, -0.1) is 12.6 Å². The minimum Gasteiger partial charge on any atom is -0.377 e. The number of hydrogen-bond donors (Lipinski definition) is 1. The summed E-state index contributed by atoms with van der Waals surface area (Å²) in [6.07, 6.45) is 5.12. The summed E-state index contributed by atoms with van der Waals surface area (Å²) >= 11 is 4.27. The maximum Gasteiger partial charge on any atom is 0.0821 e. The lowest BCUT2D eigenvalue weighted by molar-refractivity contribution is 0.0932. The molecule has 2 heteroatoms. The van der Waals surface area contributed by atoms with Gasteiger partial charge in [0.25, 0.3) is 0 Å². The van der Waals surface area contributed by atoms with E-state index in [1.165, 1.54) is 24.8 Å². The van der Waals surface area contributed by atoms with Crippen molar-refractivity contribution in [1.82, 2.24) is 0 Å². The molecule has 84 valence electrons. The molecule has 0 N–H and O–H groups in total. The van der Waals surface area contributed by atoms with Crippen LogP contribution in [-0.2, 0) is 4.74 Å². The molecule has 0 amide bonds. The Morgan fingerprint density at radius 3 is 2.40 bits per heavy atom. The van der Waals surface area contributed by atoms with Crippen molar-refractivity contribution < 1.29 is 4.74 Å². The molecule has 0 aliphatic rings. The van der Waals surface area contributed by atoms with Crippen molar-refractivity contribution in [2.75, 3.05) is 7.11 Å². The SMILES string of the molecule is CCCCC[C@@H](OC)c1ccc(S)cc1. The van der Waals surface area contributed by atoms with Gasteiger partial charge in [-0.25, -0.2) is 0 Å². The Hall–Kier alpha value is -0.470. The molecule has 0 heterocycles. The number of hydrogen-bond acceptors (Lipinski definition) is 2. The zero-order chi connectivity index (χ0) is 11.1. The number of methoxy groups -OCH3 is 1. The average molecular weight is 224 g/mol. The van der Waals surface area contributed by atoms with Crippen LogP contribution in [0.25, 0.3) is 0 Å². The molecule has 1 aromatic carbocycles. The van der Waals surface area contributed by atoms with Gasteiger partial charge in [-0.3, -0.25) is 0 Å². The lowest BCUT2D eigenvalue weighted by Gasteiger charge is -2.15. The van der Waals surface area contributed by atoms with Crippen LogP contribution in [0.2, 0.25) is 0 Å². The van der Waals surface area contributed by atoms with Crippen molar-refractivity contribution in [2.45, 2.75) is 43.6 Å². The van der Waals surface area contributed by atoms with Gasteiger partial charge in [-0.1, -0.05) is 38.3 Å². The smallest absolute Gasteiger partial charge is 0.0821 e. The number of thiol groups is 1. The Morgan fingerprint density at radius 2 is 1.87 bits per heavy atom. The van der Waals surface area contributed by atoms with E-state index in [0.717, 1.165) is 11.3 Å². The highest BCUT2D eigenvalue weighted by Crippen LogP contribution is 2.23. The molecule has 1 nitrogen and oxygen atoms in total. The Bertz CT molecular complexity index is 268. The van der Waals surface area contributed by atoms with E-state index in [2.05, 4.69) is 31.7 Å². The van der Waals surface area contributed by atoms with E-state index in [0.29, 0.717) is 0 Å². The first-order valence-corrected chi connectivity index (χ1v) is 6.04. The van der Waals surface area contributed by atoms with E-state index >= 15 is 0 Å². The predicted octanol–water partition coefficient (Wildman–Crippen LogP) is 4.24. The second kappa shape index (κ2) is 6.91. The van der Waals surface area contributed by atoms with Crippen LogP contribution in [0.4, 0.5) is 0 Å². The van der Waals surface area contributed by atoms with Gasteiger partial charge in [-0.2, -0.15) is 0 Å². The predicted molar refractivity (Wildman–Crippen MR) is 67.6 cm³/mol.